The molecule has 35 heavy (non-hydrogen) atoms. The molecule has 0 fully saturated rings. The van der Waals surface area contributed by atoms with Crippen LogP contribution in [-0.2, 0) is 5.41 Å². The molecule has 1 nitrogen and oxygen atoms in total. The van der Waals surface area contributed by atoms with Crippen molar-refractivity contribution in [2.45, 2.75) is 19.3 Å². The van der Waals surface area contributed by atoms with Crippen LogP contribution in [0.1, 0.15) is 25.0 Å². The highest BCUT2D eigenvalue weighted by Gasteiger charge is 2.38. The lowest BCUT2D eigenvalue weighted by Gasteiger charge is -2.30. The van der Waals surface area contributed by atoms with E-state index < -0.39 is 0 Å². The van der Waals surface area contributed by atoms with Crippen molar-refractivity contribution >= 4 is 61.1 Å². The topological polar surface area (TPSA) is 3.24 Å². The summed E-state index contributed by atoms with van der Waals surface area (Å²) >= 11 is 0. The molecule has 0 aromatic heterocycles. The Kier molecular flexibility index (Phi) is 4.19. The van der Waals surface area contributed by atoms with E-state index in [0.717, 1.165) is 0 Å². The van der Waals surface area contributed by atoms with Crippen molar-refractivity contribution in [2.75, 3.05) is 19.0 Å². The van der Waals surface area contributed by atoms with Gasteiger partial charge in [-0.3, -0.25) is 0 Å². The van der Waals surface area contributed by atoms with Gasteiger partial charge in [0.1, 0.15) is 0 Å². The van der Waals surface area contributed by atoms with Gasteiger partial charge >= 0.3 is 0 Å². The van der Waals surface area contributed by atoms with Gasteiger partial charge in [-0.25, -0.2) is 0 Å². The molecule has 6 aromatic carbocycles. The van der Waals surface area contributed by atoms with Gasteiger partial charge < -0.3 is 4.90 Å². The maximum atomic E-state index is 2.48. The molecule has 0 aliphatic carbocycles. The standard InChI is InChI=1S/C33H28BN/c1-33(2)25-12-8-9-13-27(25)34(23-10-6-5-7-11-23)28-18-15-21-14-17-24-29(35(3)4)19-16-22-20-26(33)32(28)31(21)30(22)24/h5-20H,1-4H3. The Morgan fingerprint density at radius 2 is 1.31 bits per heavy atom. The van der Waals surface area contributed by atoms with Gasteiger partial charge in [0.15, 0.2) is 0 Å². The van der Waals surface area contributed by atoms with Gasteiger partial charge in [-0.05, 0) is 50.2 Å². The number of hydrogen-bond donors (Lipinski definition) is 0. The molecular weight excluding hydrogens is 421 g/mol. The summed E-state index contributed by atoms with van der Waals surface area (Å²) in [7, 11) is 4.28. The van der Waals surface area contributed by atoms with Crippen LogP contribution in [0.5, 0.6) is 0 Å². The number of benzene rings is 6. The fraction of sp³-hybridized carbons (Fsp3) is 0.152. The van der Waals surface area contributed by atoms with Crippen LogP contribution in [0.25, 0.3) is 32.3 Å². The van der Waals surface area contributed by atoms with Crippen LogP contribution in [0.4, 0.5) is 5.69 Å². The highest BCUT2D eigenvalue weighted by Crippen LogP contribution is 2.45. The summed E-state index contributed by atoms with van der Waals surface area (Å²) in [5, 5.41) is 8.24. The van der Waals surface area contributed by atoms with E-state index >= 15 is 0 Å². The molecule has 0 saturated carbocycles. The smallest absolute Gasteiger partial charge is 0.242 e. The highest BCUT2D eigenvalue weighted by atomic mass is 15.1. The summed E-state index contributed by atoms with van der Waals surface area (Å²) in [6.45, 7) is 5.02. The minimum atomic E-state index is -0.122. The Labute approximate surface area is 207 Å². The van der Waals surface area contributed by atoms with E-state index in [0.29, 0.717) is 0 Å². The Morgan fingerprint density at radius 1 is 0.600 bits per heavy atom. The number of rotatable bonds is 2. The Balaban J connectivity index is 1.74. The molecule has 1 heterocycles. The minimum Gasteiger partial charge on any atom is -0.377 e. The first-order valence-electron chi connectivity index (χ1n) is 12.5. The number of fused-ring (bicyclic) bond motifs is 1. The fourth-order valence-electron chi connectivity index (χ4n) is 6.69. The molecule has 2 heteroatoms. The van der Waals surface area contributed by atoms with E-state index in [1.165, 1.54) is 65.5 Å². The number of hydrogen-bond acceptors (Lipinski definition) is 1. The molecule has 168 valence electrons. The van der Waals surface area contributed by atoms with E-state index in [1.54, 1.807) is 0 Å². The molecule has 0 unspecified atom stereocenters. The summed E-state index contributed by atoms with van der Waals surface area (Å²) in [4.78, 5) is 2.23. The molecule has 0 radical (unpaired) electrons. The monoisotopic (exact) mass is 449 g/mol. The summed E-state index contributed by atoms with van der Waals surface area (Å²) in [6.07, 6.45) is 0. The van der Waals surface area contributed by atoms with Crippen LogP contribution in [0, 0.1) is 0 Å². The Bertz CT molecular complexity index is 1750. The van der Waals surface area contributed by atoms with Gasteiger partial charge in [0, 0.05) is 30.6 Å². The number of nitrogens with zero attached hydrogens (tertiary/aromatic N) is 1. The predicted molar refractivity (Wildman–Crippen MR) is 154 cm³/mol. The van der Waals surface area contributed by atoms with Gasteiger partial charge in [-0.15, -0.1) is 0 Å². The zero-order chi connectivity index (χ0) is 23.9. The van der Waals surface area contributed by atoms with Crippen LogP contribution < -0.4 is 21.3 Å². The SMILES string of the molecule is CN(C)c1ccc2cc3c4c(ccc5ccc1c2c54)B(c1ccccc1)c1ccccc1C3(C)C. The third-order valence-corrected chi connectivity index (χ3v) is 8.32. The molecule has 6 aromatic rings. The van der Waals surface area contributed by atoms with Crippen molar-refractivity contribution < 1.29 is 0 Å². The fourth-order valence-corrected chi connectivity index (χ4v) is 6.69. The predicted octanol–water partition coefficient (Wildman–Crippen LogP) is 5.81. The lowest BCUT2D eigenvalue weighted by atomic mass is 9.36. The van der Waals surface area contributed by atoms with Gasteiger partial charge in [0.05, 0.1) is 0 Å². The molecule has 0 amide bonds. The van der Waals surface area contributed by atoms with Gasteiger partial charge in [0.25, 0.3) is 0 Å². The molecule has 1 aliphatic rings. The average molecular weight is 449 g/mol. The third-order valence-electron chi connectivity index (χ3n) is 8.32. The molecule has 0 bridgehead atoms. The Hall–Kier alpha value is -3.78. The van der Waals surface area contributed by atoms with Crippen LogP contribution >= 0.6 is 0 Å². The van der Waals surface area contributed by atoms with Crippen molar-refractivity contribution in [3.63, 3.8) is 0 Å². The zero-order valence-electron chi connectivity index (χ0n) is 20.8. The van der Waals surface area contributed by atoms with Crippen molar-refractivity contribution in [3.05, 3.63) is 108 Å². The number of anilines is 1. The van der Waals surface area contributed by atoms with Crippen molar-refractivity contribution in [3.8, 4) is 0 Å². The Morgan fingerprint density at radius 3 is 2.11 bits per heavy atom. The van der Waals surface area contributed by atoms with E-state index in [1.807, 2.05) is 0 Å². The van der Waals surface area contributed by atoms with Crippen LogP contribution in [0.15, 0.2) is 97.1 Å². The lowest BCUT2D eigenvalue weighted by Crippen LogP contribution is -2.53. The molecule has 0 saturated heterocycles. The second-order valence-electron chi connectivity index (χ2n) is 10.8. The summed E-state index contributed by atoms with van der Waals surface area (Å²) in [5.41, 5.74) is 8.19. The van der Waals surface area contributed by atoms with Crippen molar-refractivity contribution in [2.24, 2.45) is 0 Å². The summed E-state index contributed by atoms with van der Waals surface area (Å²) in [5.74, 6) is 0. The van der Waals surface area contributed by atoms with Crippen molar-refractivity contribution in [1.82, 2.24) is 0 Å². The minimum absolute atomic E-state index is 0.122. The van der Waals surface area contributed by atoms with Crippen molar-refractivity contribution in [1.29, 1.82) is 0 Å². The van der Waals surface area contributed by atoms with Gasteiger partial charge in [-0.2, -0.15) is 0 Å². The lowest BCUT2D eigenvalue weighted by molar-refractivity contribution is 0.653. The second-order valence-corrected chi connectivity index (χ2v) is 10.8. The maximum Gasteiger partial charge on any atom is 0.242 e. The maximum absolute atomic E-state index is 2.48. The third kappa shape index (κ3) is 2.71. The highest BCUT2D eigenvalue weighted by molar-refractivity contribution is 6.97. The van der Waals surface area contributed by atoms with E-state index in [-0.39, 0.29) is 12.1 Å². The first-order valence-corrected chi connectivity index (χ1v) is 12.5. The molecule has 0 spiro atoms. The molecule has 0 atom stereocenters. The van der Waals surface area contributed by atoms with E-state index in [2.05, 4.69) is 130 Å². The summed E-state index contributed by atoms with van der Waals surface area (Å²) in [6, 6.07) is 36.6. The molecule has 0 N–H and O–H groups in total. The zero-order valence-corrected chi connectivity index (χ0v) is 20.8. The van der Waals surface area contributed by atoms with Gasteiger partial charge in [-0.1, -0.05) is 115 Å². The second kappa shape index (κ2) is 7.12. The molecule has 7 rings (SSSR count). The van der Waals surface area contributed by atoms with Crippen LogP contribution in [-0.4, -0.2) is 20.8 Å². The van der Waals surface area contributed by atoms with E-state index in [9.17, 15) is 0 Å². The average Bonchev–Trinajstić information content (AvgIpc) is 2.96. The van der Waals surface area contributed by atoms with E-state index in [4.69, 9.17) is 0 Å². The largest absolute Gasteiger partial charge is 0.377 e. The van der Waals surface area contributed by atoms with Gasteiger partial charge in [0.2, 0.25) is 6.71 Å². The summed E-state index contributed by atoms with van der Waals surface area (Å²) < 4.78 is 0. The normalized spacial score (nSPS) is 14.5. The van der Waals surface area contributed by atoms with Crippen LogP contribution in [0.3, 0.4) is 0 Å². The first kappa shape index (κ1) is 20.6. The molecule has 1 aliphatic heterocycles. The molecular formula is C33H28BN. The quantitative estimate of drug-likeness (QED) is 0.238. The first-order chi connectivity index (χ1) is 17.0. The van der Waals surface area contributed by atoms with Crippen LogP contribution in [0.2, 0.25) is 0 Å².